The van der Waals surface area contributed by atoms with Gasteiger partial charge in [0.05, 0.1) is 5.92 Å². The summed E-state index contributed by atoms with van der Waals surface area (Å²) < 4.78 is 11.1. The molecule has 2 atom stereocenters. The van der Waals surface area contributed by atoms with Gasteiger partial charge in [-0.15, -0.1) is 0 Å². The lowest BCUT2D eigenvalue weighted by Crippen LogP contribution is -2.26. The topological polar surface area (TPSA) is 74.2 Å². The second-order valence-corrected chi connectivity index (χ2v) is 5.56. The summed E-state index contributed by atoms with van der Waals surface area (Å²) in [5.41, 5.74) is 5.77. The number of nitrogens with two attached hydrogens (primary N) is 1. The average molecular weight is 251 g/mol. The predicted molar refractivity (Wildman–Crippen MR) is 66.0 cm³/mol. The van der Waals surface area contributed by atoms with Gasteiger partial charge in [0.25, 0.3) is 0 Å². The molecule has 5 nitrogen and oxygen atoms in total. The van der Waals surface area contributed by atoms with Crippen molar-refractivity contribution in [3.8, 4) is 0 Å². The monoisotopic (exact) mass is 251 g/mol. The van der Waals surface area contributed by atoms with Gasteiger partial charge < -0.3 is 15.0 Å². The maximum Gasteiger partial charge on any atom is 0.231 e. The first-order valence-electron chi connectivity index (χ1n) is 6.90. The minimum Gasteiger partial charge on any atom is -0.370 e. The molecule has 2 saturated carbocycles. The summed E-state index contributed by atoms with van der Waals surface area (Å²) in [7, 11) is 1.74. The van der Waals surface area contributed by atoms with Crippen LogP contribution in [0.5, 0.6) is 0 Å². The molecule has 2 aliphatic carbocycles. The molecule has 0 bridgehead atoms. The van der Waals surface area contributed by atoms with Crippen molar-refractivity contribution in [3.63, 3.8) is 0 Å². The predicted octanol–water partition coefficient (Wildman–Crippen LogP) is 2.08. The molecule has 0 aromatic carbocycles. The van der Waals surface area contributed by atoms with E-state index in [1.54, 1.807) is 7.11 Å². The Hall–Kier alpha value is -0.940. The summed E-state index contributed by atoms with van der Waals surface area (Å²) in [5.74, 6) is 1.66. The average Bonchev–Trinajstić information content (AvgIpc) is 3.08. The van der Waals surface area contributed by atoms with Crippen molar-refractivity contribution in [1.82, 2.24) is 10.1 Å². The van der Waals surface area contributed by atoms with Gasteiger partial charge in [0.15, 0.2) is 0 Å². The minimum atomic E-state index is -0.315. The Morgan fingerprint density at radius 1 is 1.28 bits per heavy atom. The summed E-state index contributed by atoms with van der Waals surface area (Å²) in [6.07, 6.45) is 7.57. The van der Waals surface area contributed by atoms with E-state index >= 15 is 0 Å². The van der Waals surface area contributed by atoms with Crippen molar-refractivity contribution < 1.29 is 9.26 Å². The summed E-state index contributed by atoms with van der Waals surface area (Å²) in [6.45, 7) is 0. The minimum absolute atomic E-state index is 0.167. The fourth-order valence-electron chi connectivity index (χ4n) is 3.33. The Morgan fingerprint density at radius 2 is 2.06 bits per heavy atom. The molecule has 100 valence electrons. The second kappa shape index (κ2) is 4.63. The van der Waals surface area contributed by atoms with Crippen LogP contribution in [-0.4, -0.2) is 23.3 Å². The molecule has 1 aromatic heterocycles. The second-order valence-electron chi connectivity index (χ2n) is 5.56. The highest BCUT2D eigenvalue weighted by Gasteiger charge is 2.41. The van der Waals surface area contributed by atoms with Crippen LogP contribution in [0.3, 0.4) is 0 Å². The van der Waals surface area contributed by atoms with Gasteiger partial charge in [0.1, 0.15) is 5.60 Å². The molecule has 0 radical (unpaired) electrons. The van der Waals surface area contributed by atoms with E-state index in [1.807, 2.05) is 0 Å². The molecular formula is C13H21N3O2. The highest BCUT2D eigenvalue weighted by molar-refractivity contribution is 5.08. The van der Waals surface area contributed by atoms with Crippen LogP contribution >= 0.6 is 0 Å². The molecule has 5 heteroatoms. The molecule has 2 unspecified atom stereocenters. The zero-order chi connectivity index (χ0) is 12.6. The normalized spacial score (nSPS) is 31.0. The Morgan fingerprint density at radius 3 is 2.67 bits per heavy atom. The van der Waals surface area contributed by atoms with Crippen LogP contribution in [0, 0.1) is 0 Å². The van der Waals surface area contributed by atoms with Gasteiger partial charge in [-0.3, -0.25) is 0 Å². The van der Waals surface area contributed by atoms with E-state index in [-0.39, 0.29) is 17.6 Å². The molecule has 0 spiro atoms. The van der Waals surface area contributed by atoms with E-state index in [0.717, 1.165) is 37.9 Å². The molecule has 1 heterocycles. The van der Waals surface area contributed by atoms with Crippen LogP contribution in [0.1, 0.15) is 62.6 Å². The van der Waals surface area contributed by atoms with Crippen molar-refractivity contribution in [2.24, 2.45) is 5.73 Å². The van der Waals surface area contributed by atoms with E-state index in [1.165, 1.54) is 12.8 Å². The van der Waals surface area contributed by atoms with Crippen molar-refractivity contribution in [1.29, 1.82) is 0 Å². The smallest absolute Gasteiger partial charge is 0.231 e. The SMILES string of the molecule is COC1(c2noc(C3CCCC3N)n2)CCCC1. The van der Waals surface area contributed by atoms with Gasteiger partial charge in [-0.2, -0.15) is 4.98 Å². The van der Waals surface area contributed by atoms with E-state index in [9.17, 15) is 0 Å². The number of methoxy groups -OCH3 is 1. The molecule has 2 aliphatic rings. The number of nitrogens with zero attached hydrogens (tertiary/aromatic N) is 2. The summed E-state index contributed by atoms with van der Waals surface area (Å²) in [6, 6.07) is 0.167. The molecule has 2 N–H and O–H groups in total. The maximum absolute atomic E-state index is 6.08. The molecule has 2 fully saturated rings. The van der Waals surface area contributed by atoms with Gasteiger partial charge >= 0.3 is 0 Å². The Balaban J connectivity index is 1.84. The van der Waals surface area contributed by atoms with Gasteiger partial charge in [0, 0.05) is 13.2 Å². The third-order valence-electron chi connectivity index (χ3n) is 4.54. The van der Waals surface area contributed by atoms with Crippen molar-refractivity contribution >= 4 is 0 Å². The molecule has 18 heavy (non-hydrogen) atoms. The van der Waals surface area contributed by atoms with Crippen LogP contribution in [0.4, 0.5) is 0 Å². The van der Waals surface area contributed by atoms with E-state index in [0.29, 0.717) is 5.89 Å². The summed E-state index contributed by atoms with van der Waals surface area (Å²) >= 11 is 0. The van der Waals surface area contributed by atoms with Gasteiger partial charge in [-0.25, -0.2) is 0 Å². The van der Waals surface area contributed by atoms with Crippen LogP contribution in [0.2, 0.25) is 0 Å². The zero-order valence-corrected chi connectivity index (χ0v) is 10.9. The highest BCUT2D eigenvalue weighted by Crippen LogP contribution is 2.41. The van der Waals surface area contributed by atoms with E-state index < -0.39 is 0 Å². The lowest BCUT2D eigenvalue weighted by atomic mass is 10.0. The first-order valence-corrected chi connectivity index (χ1v) is 6.90. The number of ether oxygens (including phenoxy) is 1. The van der Waals surface area contributed by atoms with Crippen LogP contribution in [0.25, 0.3) is 0 Å². The lowest BCUT2D eigenvalue weighted by Gasteiger charge is -2.22. The van der Waals surface area contributed by atoms with Gasteiger partial charge in [-0.05, 0) is 38.5 Å². The van der Waals surface area contributed by atoms with Crippen molar-refractivity contribution in [2.45, 2.75) is 62.5 Å². The summed E-state index contributed by atoms with van der Waals surface area (Å²) in [4.78, 5) is 4.58. The third-order valence-corrected chi connectivity index (χ3v) is 4.54. The standard InChI is InChI=1S/C13H21N3O2/c1-17-13(7-2-3-8-13)12-15-11(18-16-12)9-5-4-6-10(9)14/h9-10H,2-8,14H2,1H3. The highest BCUT2D eigenvalue weighted by atomic mass is 16.5. The molecule has 3 rings (SSSR count). The molecule has 1 aromatic rings. The largest absolute Gasteiger partial charge is 0.370 e. The van der Waals surface area contributed by atoms with E-state index in [4.69, 9.17) is 15.0 Å². The number of aromatic nitrogens is 2. The van der Waals surface area contributed by atoms with E-state index in [2.05, 4.69) is 10.1 Å². The van der Waals surface area contributed by atoms with Crippen LogP contribution in [0.15, 0.2) is 4.52 Å². The lowest BCUT2D eigenvalue weighted by molar-refractivity contribution is -0.0178. The molecule has 0 amide bonds. The fraction of sp³-hybridized carbons (Fsp3) is 0.846. The number of hydrogen-bond acceptors (Lipinski definition) is 5. The maximum atomic E-state index is 6.08. The Kier molecular flexibility index (Phi) is 3.11. The number of rotatable bonds is 3. The van der Waals surface area contributed by atoms with Gasteiger partial charge in [-0.1, -0.05) is 11.6 Å². The van der Waals surface area contributed by atoms with Crippen molar-refractivity contribution in [2.75, 3.05) is 7.11 Å². The van der Waals surface area contributed by atoms with Crippen molar-refractivity contribution in [3.05, 3.63) is 11.7 Å². The Labute approximate surface area is 107 Å². The molecule has 0 saturated heterocycles. The number of hydrogen-bond donors (Lipinski definition) is 1. The van der Waals surface area contributed by atoms with Gasteiger partial charge in [0.2, 0.25) is 11.7 Å². The quantitative estimate of drug-likeness (QED) is 0.890. The summed E-state index contributed by atoms with van der Waals surface area (Å²) in [5, 5.41) is 4.15. The Bertz CT molecular complexity index is 412. The first-order chi connectivity index (χ1) is 8.75. The van der Waals surface area contributed by atoms with Crippen LogP contribution in [-0.2, 0) is 10.3 Å². The third kappa shape index (κ3) is 1.86. The molecular weight excluding hydrogens is 230 g/mol. The fourth-order valence-corrected chi connectivity index (χ4v) is 3.33. The molecule has 0 aliphatic heterocycles. The first kappa shape index (κ1) is 12.1. The van der Waals surface area contributed by atoms with Crippen LogP contribution < -0.4 is 5.73 Å². The zero-order valence-electron chi connectivity index (χ0n) is 10.9.